The van der Waals surface area contributed by atoms with Crippen molar-refractivity contribution in [2.45, 2.75) is 11.9 Å². The molecular formula is C10H11N3O3S. The fourth-order valence-corrected chi connectivity index (χ4v) is 2.31. The largest absolute Gasteiger partial charge is 0.506 e. The number of anilines is 1. The summed E-state index contributed by atoms with van der Waals surface area (Å²) >= 11 is 0. The van der Waals surface area contributed by atoms with E-state index < -0.39 is 10.0 Å². The molecule has 6 nitrogen and oxygen atoms in total. The van der Waals surface area contributed by atoms with Crippen LogP contribution in [0, 0.1) is 6.92 Å². The molecule has 1 aromatic carbocycles. The van der Waals surface area contributed by atoms with Crippen molar-refractivity contribution >= 4 is 15.7 Å². The first-order valence-corrected chi connectivity index (χ1v) is 6.29. The summed E-state index contributed by atoms with van der Waals surface area (Å²) in [6, 6.07) is 6.00. The zero-order valence-electron chi connectivity index (χ0n) is 9.01. The maximum Gasteiger partial charge on any atom is 0.278 e. The summed E-state index contributed by atoms with van der Waals surface area (Å²) in [5, 5.41) is 15.4. The van der Waals surface area contributed by atoms with Gasteiger partial charge in [0.15, 0.2) is 5.03 Å². The topological polar surface area (TPSA) is 95.1 Å². The first kappa shape index (κ1) is 11.5. The number of aromatic nitrogens is 2. The Kier molecular flexibility index (Phi) is 2.76. The van der Waals surface area contributed by atoms with E-state index in [0.29, 0.717) is 0 Å². The number of rotatable bonds is 3. The molecule has 0 amide bonds. The molecule has 0 radical (unpaired) electrons. The fraction of sp³-hybridized carbons (Fsp3) is 0.100. The average Bonchev–Trinajstić information content (AvgIpc) is 2.76. The standard InChI is InChI=1S/C10H11N3O3S/c1-7-2-3-8(9(14)6-7)13-17(15,16)10-4-5-11-12-10/h2-6,13-14H,1H3,(H,11,12). The van der Waals surface area contributed by atoms with Crippen LogP contribution in [-0.2, 0) is 10.0 Å². The van der Waals surface area contributed by atoms with E-state index in [-0.39, 0.29) is 16.5 Å². The SMILES string of the molecule is Cc1ccc(NS(=O)(=O)c2ccn[nH]2)c(O)c1. The Hall–Kier alpha value is -2.02. The highest BCUT2D eigenvalue weighted by Crippen LogP contribution is 2.26. The Morgan fingerprint density at radius 1 is 1.35 bits per heavy atom. The molecule has 17 heavy (non-hydrogen) atoms. The lowest BCUT2D eigenvalue weighted by molar-refractivity contribution is 0.477. The molecule has 1 aromatic heterocycles. The second-order valence-corrected chi connectivity index (χ2v) is 5.20. The smallest absolute Gasteiger partial charge is 0.278 e. The lowest BCUT2D eigenvalue weighted by Gasteiger charge is -2.08. The van der Waals surface area contributed by atoms with Gasteiger partial charge >= 0.3 is 0 Å². The van der Waals surface area contributed by atoms with Gasteiger partial charge in [0.05, 0.1) is 11.9 Å². The number of phenolic OH excluding ortho intramolecular Hbond substituents is 1. The van der Waals surface area contributed by atoms with Crippen LogP contribution in [0.1, 0.15) is 5.56 Å². The molecule has 1 heterocycles. The number of aromatic hydroxyl groups is 1. The van der Waals surface area contributed by atoms with Crippen LogP contribution in [0.2, 0.25) is 0 Å². The van der Waals surface area contributed by atoms with Gasteiger partial charge in [0, 0.05) is 0 Å². The molecule has 7 heteroatoms. The highest BCUT2D eigenvalue weighted by molar-refractivity contribution is 7.92. The van der Waals surface area contributed by atoms with Gasteiger partial charge in [0.2, 0.25) is 0 Å². The quantitative estimate of drug-likeness (QED) is 0.717. The van der Waals surface area contributed by atoms with E-state index in [0.717, 1.165) is 5.56 Å². The molecule has 2 rings (SSSR count). The summed E-state index contributed by atoms with van der Waals surface area (Å²) in [5.41, 5.74) is 0.970. The van der Waals surface area contributed by atoms with Crippen molar-refractivity contribution < 1.29 is 13.5 Å². The number of phenols is 1. The van der Waals surface area contributed by atoms with Crippen LogP contribution in [0.4, 0.5) is 5.69 Å². The highest BCUT2D eigenvalue weighted by Gasteiger charge is 2.17. The average molecular weight is 253 g/mol. The summed E-state index contributed by atoms with van der Waals surface area (Å²) in [5.74, 6) is -0.118. The van der Waals surface area contributed by atoms with Crippen LogP contribution < -0.4 is 4.72 Å². The number of aryl methyl sites for hydroxylation is 1. The summed E-state index contributed by atoms with van der Waals surface area (Å²) in [7, 11) is -3.73. The van der Waals surface area contributed by atoms with E-state index in [1.54, 1.807) is 13.0 Å². The molecular weight excluding hydrogens is 242 g/mol. The van der Waals surface area contributed by atoms with Crippen molar-refractivity contribution in [3.8, 4) is 5.75 Å². The monoisotopic (exact) mass is 253 g/mol. The molecule has 2 aromatic rings. The second-order valence-electron chi connectivity index (χ2n) is 3.55. The van der Waals surface area contributed by atoms with E-state index in [1.807, 2.05) is 0 Å². The van der Waals surface area contributed by atoms with E-state index in [1.165, 1.54) is 24.4 Å². The molecule has 0 aliphatic carbocycles. The number of nitrogens with one attached hydrogen (secondary N) is 2. The molecule has 0 atom stereocenters. The van der Waals surface area contributed by atoms with E-state index >= 15 is 0 Å². The number of aromatic amines is 1. The van der Waals surface area contributed by atoms with Crippen molar-refractivity contribution in [1.82, 2.24) is 10.2 Å². The number of hydrogen-bond acceptors (Lipinski definition) is 4. The van der Waals surface area contributed by atoms with E-state index in [4.69, 9.17) is 0 Å². The van der Waals surface area contributed by atoms with Crippen molar-refractivity contribution in [3.63, 3.8) is 0 Å². The second kappa shape index (κ2) is 4.10. The third-order valence-electron chi connectivity index (χ3n) is 2.16. The minimum absolute atomic E-state index is 0.0579. The number of nitrogens with zero attached hydrogens (tertiary/aromatic N) is 1. The van der Waals surface area contributed by atoms with Crippen LogP contribution in [-0.4, -0.2) is 23.7 Å². The van der Waals surface area contributed by atoms with Gasteiger partial charge in [-0.3, -0.25) is 9.82 Å². The van der Waals surface area contributed by atoms with Crippen LogP contribution >= 0.6 is 0 Å². The number of benzene rings is 1. The maximum absolute atomic E-state index is 11.8. The number of H-pyrrole nitrogens is 1. The molecule has 0 unspecified atom stereocenters. The molecule has 90 valence electrons. The first-order valence-electron chi connectivity index (χ1n) is 4.81. The van der Waals surface area contributed by atoms with Gasteiger partial charge in [0.1, 0.15) is 5.75 Å². The summed E-state index contributed by atoms with van der Waals surface area (Å²) in [6.07, 6.45) is 1.34. The Morgan fingerprint density at radius 3 is 2.71 bits per heavy atom. The minimum Gasteiger partial charge on any atom is -0.506 e. The highest BCUT2D eigenvalue weighted by atomic mass is 32.2. The van der Waals surface area contributed by atoms with Crippen molar-refractivity contribution in [1.29, 1.82) is 0 Å². The molecule has 0 spiro atoms. The molecule has 3 N–H and O–H groups in total. The molecule has 0 bridgehead atoms. The third-order valence-corrected chi connectivity index (χ3v) is 3.46. The van der Waals surface area contributed by atoms with Crippen molar-refractivity contribution in [3.05, 3.63) is 36.0 Å². The molecule has 0 saturated heterocycles. The summed E-state index contributed by atoms with van der Waals surface area (Å²) < 4.78 is 25.9. The Morgan fingerprint density at radius 2 is 2.12 bits per heavy atom. The van der Waals surface area contributed by atoms with Crippen LogP contribution in [0.5, 0.6) is 5.75 Å². The van der Waals surface area contributed by atoms with Gasteiger partial charge < -0.3 is 5.11 Å². The lowest BCUT2D eigenvalue weighted by Crippen LogP contribution is -2.13. The number of sulfonamides is 1. The summed E-state index contributed by atoms with van der Waals surface area (Å²) in [6.45, 7) is 1.80. The zero-order chi connectivity index (χ0) is 12.5. The first-order chi connectivity index (χ1) is 7.99. The molecule has 0 aliphatic rings. The van der Waals surface area contributed by atoms with Gasteiger partial charge in [-0.25, -0.2) is 0 Å². The number of hydrogen-bond donors (Lipinski definition) is 3. The van der Waals surface area contributed by atoms with Gasteiger partial charge in [0.25, 0.3) is 10.0 Å². The Bertz CT molecular complexity index is 620. The molecule has 0 saturated carbocycles. The predicted octanol–water partition coefficient (Wildman–Crippen LogP) is 1.22. The third kappa shape index (κ3) is 2.39. The van der Waals surface area contributed by atoms with Crippen LogP contribution in [0.3, 0.4) is 0 Å². The Balaban J connectivity index is 2.33. The fourth-order valence-electron chi connectivity index (χ4n) is 1.32. The molecule has 0 aliphatic heterocycles. The maximum atomic E-state index is 11.8. The predicted molar refractivity (Wildman–Crippen MR) is 62.2 cm³/mol. The van der Waals surface area contributed by atoms with Crippen molar-refractivity contribution in [2.75, 3.05) is 4.72 Å². The molecule has 0 fully saturated rings. The van der Waals surface area contributed by atoms with Gasteiger partial charge in [-0.15, -0.1) is 0 Å². The van der Waals surface area contributed by atoms with Crippen LogP contribution in [0.25, 0.3) is 0 Å². The van der Waals surface area contributed by atoms with Gasteiger partial charge in [-0.2, -0.15) is 13.5 Å². The van der Waals surface area contributed by atoms with Crippen molar-refractivity contribution in [2.24, 2.45) is 0 Å². The normalized spacial score (nSPS) is 11.4. The lowest BCUT2D eigenvalue weighted by atomic mass is 10.2. The van der Waals surface area contributed by atoms with Crippen LogP contribution in [0.15, 0.2) is 35.5 Å². The summed E-state index contributed by atoms with van der Waals surface area (Å²) in [4.78, 5) is 0. The van der Waals surface area contributed by atoms with Gasteiger partial charge in [-0.05, 0) is 30.7 Å². The zero-order valence-corrected chi connectivity index (χ0v) is 9.82. The van der Waals surface area contributed by atoms with Gasteiger partial charge in [-0.1, -0.05) is 6.07 Å². The van der Waals surface area contributed by atoms with E-state index in [2.05, 4.69) is 14.9 Å². The Labute approximate surface area is 98.4 Å². The van der Waals surface area contributed by atoms with E-state index in [9.17, 15) is 13.5 Å². The minimum atomic E-state index is -3.73.